The zero-order chi connectivity index (χ0) is 20.0. The summed E-state index contributed by atoms with van der Waals surface area (Å²) < 4.78 is 9.12. The summed E-state index contributed by atoms with van der Waals surface area (Å²) in [4.78, 5) is 8.34. The van der Waals surface area contributed by atoms with Crippen molar-refractivity contribution in [2.45, 2.75) is 44.2 Å². The van der Waals surface area contributed by atoms with E-state index in [1.54, 1.807) is 17.4 Å². The quantitative estimate of drug-likeness (QED) is 0.679. The lowest BCUT2D eigenvalue weighted by molar-refractivity contribution is -0.0383. The van der Waals surface area contributed by atoms with Crippen molar-refractivity contribution >= 4 is 33.1 Å². The van der Waals surface area contributed by atoms with Crippen LogP contribution in [0.3, 0.4) is 0 Å². The monoisotopic (exact) mass is 412 g/mol. The molecule has 3 aromatic rings. The molecule has 2 atom stereocenters. The molecule has 3 aromatic heterocycles. The van der Waals surface area contributed by atoms with Gasteiger partial charge in [-0.2, -0.15) is 5.10 Å². The summed E-state index contributed by atoms with van der Waals surface area (Å²) >= 11 is 1.71. The third kappa shape index (κ3) is 3.39. The minimum atomic E-state index is -0.00350. The molecule has 0 aromatic carbocycles. The lowest BCUT2D eigenvalue weighted by atomic mass is 9.89. The average Bonchev–Trinajstić information content (AvgIpc) is 3.33. The van der Waals surface area contributed by atoms with Crippen molar-refractivity contribution in [3.05, 3.63) is 23.9 Å². The number of likely N-dealkylation sites (N-methyl/N-ethyl adjacent to an activating group) is 1. The van der Waals surface area contributed by atoms with E-state index in [0.717, 1.165) is 54.9 Å². The molecule has 2 aliphatic rings. The van der Waals surface area contributed by atoms with Gasteiger partial charge in [-0.15, -0.1) is 11.3 Å². The Kier molecular flexibility index (Phi) is 4.93. The van der Waals surface area contributed by atoms with Crippen LogP contribution in [0.15, 0.2) is 18.3 Å². The van der Waals surface area contributed by atoms with Crippen molar-refractivity contribution in [1.29, 1.82) is 0 Å². The van der Waals surface area contributed by atoms with Gasteiger partial charge >= 0.3 is 0 Å². The highest BCUT2D eigenvalue weighted by Crippen LogP contribution is 2.46. The standard InChI is InChI=1S/C21H28N6OS/c1-26-9-4-5-13(12-26)18-19-20(14(22)11-16(23)25-19)29-21(18)15-7-8-24-27(15)17-6-2-3-10-28-17/h7-8,11,13,17H,2-6,9-10,12H2,1H3,(H4,22,23,25)/t13-,17?/m0/s1. The van der Waals surface area contributed by atoms with E-state index in [2.05, 4.69) is 27.8 Å². The molecule has 0 spiro atoms. The summed E-state index contributed by atoms with van der Waals surface area (Å²) in [7, 11) is 2.19. The van der Waals surface area contributed by atoms with E-state index in [1.807, 2.05) is 6.20 Å². The molecule has 0 radical (unpaired) electrons. The third-order valence-corrected chi connectivity index (χ3v) is 7.36. The summed E-state index contributed by atoms with van der Waals surface area (Å²) in [5, 5.41) is 4.64. The van der Waals surface area contributed by atoms with Crippen molar-refractivity contribution in [3.63, 3.8) is 0 Å². The van der Waals surface area contributed by atoms with Gasteiger partial charge in [0, 0.05) is 36.9 Å². The number of hydrogen-bond acceptors (Lipinski definition) is 7. The molecule has 5 heterocycles. The maximum Gasteiger partial charge on any atom is 0.150 e. The summed E-state index contributed by atoms with van der Waals surface area (Å²) in [5.41, 5.74) is 16.5. The normalized spacial score (nSPS) is 23.6. The highest BCUT2D eigenvalue weighted by molar-refractivity contribution is 7.23. The molecular formula is C21H28N6OS. The van der Waals surface area contributed by atoms with Crippen molar-refractivity contribution < 1.29 is 4.74 Å². The number of hydrogen-bond donors (Lipinski definition) is 2. The van der Waals surface area contributed by atoms with Crippen LogP contribution in [0.4, 0.5) is 11.5 Å². The van der Waals surface area contributed by atoms with Crippen molar-refractivity contribution in [1.82, 2.24) is 19.7 Å². The van der Waals surface area contributed by atoms with Gasteiger partial charge in [0.2, 0.25) is 0 Å². The fourth-order valence-corrected chi connectivity index (χ4v) is 6.01. The Hall–Kier alpha value is -2.16. The second-order valence-electron chi connectivity index (χ2n) is 8.24. The van der Waals surface area contributed by atoms with Crippen LogP contribution in [0.5, 0.6) is 0 Å². The van der Waals surface area contributed by atoms with E-state index >= 15 is 0 Å². The lowest BCUT2D eigenvalue weighted by Gasteiger charge is -2.30. The van der Waals surface area contributed by atoms with Gasteiger partial charge in [0.05, 0.1) is 26.5 Å². The van der Waals surface area contributed by atoms with Crippen LogP contribution in [0, 0.1) is 0 Å². The summed E-state index contributed by atoms with van der Waals surface area (Å²) in [6.07, 6.45) is 7.48. The third-order valence-electron chi connectivity index (χ3n) is 6.09. The maximum absolute atomic E-state index is 6.36. The minimum absolute atomic E-state index is 0.00350. The number of anilines is 2. The number of nitrogens with zero attached hydrogens (tertiary/aromatic N) is 4. The van der Waals surface area contributed by atoms with Gasteiger partial charge in [0.1, 0.15) is 5.82 Å². The molecule has 154 valence electrons. The molecule has 4 N–H and O–H groups in total. The summed E-state index contributed by atoms with van der Waals surface area (Å²) in [6.45, 7) is 2.95. The molecule has 5 rings (SSSR count). The van der Waals surface area contributed by atoms with Gasteiger partial charge in [-0.3, -0.25) is 0 Å². The van der Waals surface area contributed by atoms with Crippen LogP contribution < -0.4 is 11.5 Å². The Balaban J connectivity index is 1.69. The number of nitrogens with two attached hydrogens (primary N) is 2. The van der Waals surface area contributed by atoms with E-state index in [4.69, 9.17) is 21.2 Å². The van der Waals surface area contributed by atoms with Crippen LogP contribution in [-0.4, -0.2) is 46.4 Å². The second-order valence-corrected chi connectivity index (χ2v) is 9.26. The fourth-order valence-electron chi connectivity index (χ4n) is 4.74. The lowest BCUT2D eigenvalue weighted by Crippen LogP contribution is -2.31. The van der Waals surface area contributed by atoms with E-state index in [1.165, 1.54) is 23.3 Å². The summed E-state index contributed by atoms with van der Waals surface area (Å²) in [5.74, 6) is 0.885. The SMILES string of the molecule is CN1CCC[C@H](c2c(-c3ccnn3C3CCCCO3)sc3c(N)cc(N)nc23)C1. The Morgan fingerprint density at radius 1 is 1.21 bits per heavy atom. The molecular weight excluding hydrogens is 384 g/mol. The number of thiophene rings is 1. The number of rotatable bonds is 3. The molecule has 7 nitrogen and oxygen atoms in total. The van der Waals surface area contributed by atoms with Gasteiger partial charge in [-0.05, 0) is 51.8 Å². The van der Waals surface area contributed by atoms with Gasteiger partial charge in [-0.1, -0.05) is 0 Å². The highest BCUT2D eigenvalue weighted by atomic mass is 32.1. The molecule has 0 saturated carbocycles. The van der Waals surface area contributed by atoms with Crippen LogP contribution in [-0.2, 0) is 4.74 Å². The van der Waals surface area contributed by atoms with E-state index in [0.29, 0.717) is 17.4 Å². The Bertz CT molecular complexity index is 1020. The Morgan fingerprint density at radius 3 is 2.90 bits per heavy atom. The number of pyridine rings is 1. The number of nitrogen functional groups attached to an aromatic ring is 2. The molecule has 1 unspecified atom stereocenters. The Morgan fingerprint density at radius 2 is 2.10 bits per heavy atom. The number of piperidine rings is 1. The molecule has 2 fully saturated rings. The highest BCUT2D eigenvalue weighted by Gasteiger charge is 2.30. The molecule has 2 saturated heterocycles. The first-order valence-corrected chi connectivity index (χ1v) is 11.3. The molecule has 0 bridgehead atoms. The first-order valence-electron chi connectivity index (χ1n) is 10.4. The van der Waals surface area contributed by atoms with E-state index in [9.17, 15) is 0 Å². The number of likely N-dealkylation sites (tertiary alicyclic amines) is 1. The van der Waals surface area contributed by atoms with Crippen molar-refractivity contribution in [2.75, 3.05) is 38.2 Å². The largest absolute Gasteiger partial charge is 0.397 e. The van der Waals surface area contributed by atoms with Crippen molar-refractivity contribution in [3.8, 4) is 10.6 Å². The van der Waals surface area contributed by atoms with Crippen LogP contribution in [0.2, 0.25) is 0 Å². The van der Waals surface area contributed by atoms with Crippen LogP contribution in [0.25, 0.3) is 20.8 Å². The molecule has 29 heavy (non-hydrogen) atoms. The van der Waals surface area contributed by atoms with Gasteiger partial charge in [0.15, 0.2) is 6.23 Å². The predicted molar refractivity (Wildman–Crippen MR) is 118 cm³/mol. The van der Waals surface area contributed by atoms with Crippen molar-refractivity contribution in [2.24, 2.45) is 0 Å². The topological polar surface area (TPSA) is 95.2 Å². The fraction of sp³-hybridized carbons (Fsp3) is 0.524. The first kappa shape index (κ1) is 18.8. The van der Waals surface area contributed by atoms with E-state index < -0.39 is 0 Å². The second kappa shape index (κ2) is 7.59. The van der Waals surface area contributed by atoms with E-state index in [-0.39, 0.29) is 6.23 Å². The average molecular weight is 413 g/mol. The van der Waals surface area contributed by atoms with Gasteiger partial charge < -0.3 is 21.1 Å². The minimum Gasteiger partial charge on any atom is -0.397 e. The number of fused-ring (bicyclic) bond motifs is 1. The summed E-state index contributed by atoms with van der Waals surface area (Å²) in [6, 6.07) is 3.86. The van der Waals surface area contributed by atoms with Gasteiger partial charge in [-0.25, -0.2) is 9.67 Å². The smallest absolute Gasteiger partial charge is 0.150 e. The Labute approximate surface area is 174 Å². The zero-order valence-electron chi connectivity index (χ0n) is 16.8. The number of aromatic nitrogens is 3. The predicted octanol–water partition coefficient (Wildman–Crippen LogP) is 3.83. The molecule has 8 heteroatoms. The molecule has 0 amide bonds. The van der Waals surface area contributed by atoms with Gasteiger partial charge in [0.25, 0.3) is 0 Å². The zero-order valence-corrected chi connectivity index (χ0v) is 17.6. The van der Waals surface area contributed by atoms with Crippen LogP contribution in [0.1, 0.15) is 49.8 Å². The van der Waals surface area contributed by atoms with Crippen LogP contribution >= 0.6 is 11.3 Å². The maximum atomic E-state index is 6.36. The first-order chi connectivity index (χ1) is 14.1. The number of ether oxygens (including phenoxy) is 1. The molecule has 2 aliphatic heterocycles. The molecule has 0 aliphatic carbocycles.